The average molecular weight is 323 g/mol. The van der Waals surface area contributed by atoms with E-state index in [-0.39, 0.29) is 11.3 Å². The zero-order chi connectivity index (χ0) is 16.7. The van der Waals surface area contributed by atoms with E-state index in [1.807, 2.05) is 23.2 Å². The van der Waals surface area contributed by atoms with Gasteiger partial charge < -0.3 is 14.8 Å². The van der Waals surface area contributed by atoms with Crippen molar-refractivity contribution >= 4 is 5.91 Å². The van der Waals surface area contributed by atoms with E-state index in [9.17, 15) is 4.79 Å². The quantitative estimate of drug-likeness (QED) is 0.922. The van der Waals surface area contributed by atoms with E-state index in [0.717, 1.165) is 25.9 Å². The molecule has 4 nitrogen and oxygen atoms in total. The third kappa shape index (κ3) is 2.37. The van der Waals surface area contributed by atoms with Crippen molar-refractivity contribution in [3.63, 3.8) is 0 Å². The first-order chi connectivity index (χ1) is 11.6. The fourth-order valence-corrected chi connectivity index (χ4v) is 4.57. The highest BCUT2D eigenvalue weighted by Crippen LogP contribution is 2.52. The van der Waals surface area contributed by atoms with Crippen LogP contribution < -0.4 is 0 Å². The Hall–Kier alpha value is -2.07. The van der Waals surface area contributed by atoms with E-state index in [4.69, 9.17) is 0 Å². The topological polar surface area (TPSA) is 39.3 Å². The first kappa shape index (κ1) is 15.5. The number of nitrogens with one attached hydrogen (secondary N) is 1. The molecule has 0 bridgehead atoms. The maximum Gasteiger partial charge on any atom is 0.270 e. The van der Waals surface area contributed by atoms with E-state index >= 15 is 0 Å². The maximum absolute atomic E-state index is 12.6. The average Bonchev–Trinajstić information content (AvgIpc) is 3.23. The molecule has 2 aromatic rings. The Morgan fingerprint density at radius 3 is 2.58 bits per heavy atom. The lowest BCUT2D eigenvalue weighted by Crippen LogP contribution is -2.44. The summed E-state index contributed by atoms with van der Waals surface area (Å²) in [5.74, 6) is 0.130. The fraction of sp³-hybridized carbons (Fsp3) is 0.450. The van der Waals surface area contributed by atoms with Crippen molar-refractivity contribution in [3.8, 4) is 0 Å². The van der Waals surface area contributed by atoms with Crippen molar-refractivity contribution in [3.05, 3.63) is 59.4 Å². The second kappa shape index (κ2) is 5.78. The Bertz CT molecular complexity index is 727. The van der Waals surface area contributed by atoms with Gasteiger partial charge in [-0.05, 0) is 56.6 Å². The van der Waals surface area contributed by atoms with E-state index in [0.29, 0.717) is 11.7 Å². The van der Waals surface area contributed by atoms with Crippen LogP contribution in [0.15, 0.2) is 42.6 Å². The molecule has 1 atom stereocenters. The van der Waals surface area contributed by atoms with Gasteiger partial charge in [-0.3, -0.25) is 4.79 Å². The smallest absolute Gasteiger partial charge is 0.270 e. The highest BCUT2D eigenvalue weighted by atomic mass is 16.2. The van der Waals surface area contributed by atoms with Gasteiger partial charge in [-0.15, -0.1) is 0 Å². The largest absolute Gasteiger partial charge is 0.357 e. The number of nitrogens with zero attached hydrogens (tertiary/aromatic N) is 2. The number of carbonyl (C=O) groups excluding carboxylic acids is 1. The highest BCUT2D eigenvalue weighted by Gasteiger charge is 2.46. The van der Waals surface area contributed by atoms with Crippen LogP contribution in [0.5, 0.6) is 0 Å². The van der Waals surface area contributed by atoms with Crippen molar-refractivity contribution in [1.29, 1.82) is 0 Å². The molecule has 24 heavy (non-hydrogen) atoms. The van der Waals surface area contributed by atoms with Crippen LogP contribution in [0.25, 0.3) is 0 Å². The van der Waals surface area contributed by atoms with E-state index in [2.05, 4.69) is 48.2 Å². The second-order valence-electron chi connectivity index (χ2n) is 7.43. The van der Waals surface area contributed by atoms with E-state index < -0.39 is 0 Å². The molecule has 0 unspecified atom stereocenters. The molecule has 1 aliphatic heterocycles. The van der Waals surface area contributed by atoms with Crippen LogP contribution >= 0.6 is 0 Å². The number of aromatic amines is 1. The van der Waals surface area contributed by atoms with E-state index in [1.54, 1.807) is 0 Å². The van der Waals surface area contributed by atoms with Gasteiger partial charge in [0.1, 0.15) is 5.69 Å². The molecule has 4 rings (SSSR count). The minimum Gasteiger partial charge on any atom is -0.357 e. The molecular weight excluding hydrogens is 298 g/mol. The number of hydrogen-bond acceptors (Lipinski definition) is 2. The summed E-state index contributed by atoms with van der Waals surface area (Å²) in [6.07, 6.45) is 5.10. The summed E-state index contributed by atoms with van der Waals surface area (Å²) in [7, 11) is 4.34. The molecular formula is C20H25N3O. The monoisotopic (exact) mass is 323 g/mol. The molecule has 1 aromatic carbocycles. The summed E-state index contributed by atoms with van der Waals surface area (Å²) in [4.78, 5) is 19.9. The van der Waals surface area contributed by atoms with Crippen LogP contribution in [0.2, 0.25) is 0 Å². The van der Waals surface area contributed by atoms with Crippen molar-refractivity contribution in [2.75, 3.05) is 27.2 Å². The van der Waals surface area contributed by atoms with Crippen LogP contribution in [0.4, 0.5) is 0 Å². The minimum absolute atomic E-state index is 0.130. The molecule has 1 aliphatic carbocycles. The lowest BCUT2D eigenvalue weighted by Gasteiger charge is -2.40. The normalized spacial score (nSPS) is 22.1. The summed E-state index contributed by atoms with van der Waals surface area (Å²) in [6.45, 7) is 1.68. The standard InChI is InChI=1S/C20H25N3O/c1-22(2)18-14-20(16-7-4-3-6-15(16)18)9-12-23(13-10-20)19(24)17-8-5-11-21-17/h3-8,11,18,21H,9-10,12-14H2,1-2H3/t18-/m1/s1. The highest BCUT2D eigenvalue weighted by molar-refractivity contribution is 5.92. The Morgan fingerprint density at radius 2 is 1.92 bits per heavy atom. The lowest BCUT2D eigenvalue weighted by molar-refractivity contribution is 0.0647. The Labute approximate surface area is 143 Å². The van der Waals surface area contributed by atoms with Gasteiger partial charge in [0.05, 0.1) is 0 Å². The number of piperidine rings is 1. The first-order valence-electron chi connectivity index (χ1n) is 8.79. The SMILES string of the molecule is CN(C)[C@@H]1CC2(CCN(C(=O)c3ccc[nH]3)CC2)c2ccccc21. The zero-order valence-electron chi connectivity index (χ0n) is 14.5. The Kier molecular flexibility index (Phi) is 3.72. The van der Waals surface area contributed by atoms with Crippen LogP contribution in [0, 0.1) is 0 Å². The van der Waals surface area contributed by atoms with Crippen molar-refractivity contribution in [1.82, 2.24) is 14.8 Å². The number of aromatic nitrogens is 1. The summed E-state index contributed by atoms with van der Waals surface area (Å²) in [5, 5.41) is 0. The van der Waals surface area contributed by atoms with Gasteiger partial charge in [0.15, 0.2) is 0 Å². The number of H-pyrrole nitrogens is 1. The van der Waals surface area contributed by atoms with Gasteiger partial charge in [0, 0.05) is 30.7 Å². The number of benzene rings is 1. The molecule has 1 spiro atoms. The Balaban J connectivity index is 1.56. The summed E-state index contributed by atoms with van der Waals surface area (Å²) in [5.41, 5.74) is 3.92. The van der Waals surface area contributed by atoms with Crippen LogP contribution in [0.1, 0.15) is 46.9 Å². The molecule has 126 valence electrons. The molecule has 1 aromatic heterocycles. The maximum atomic E-state index is 12.6. The van der Waals surface area contributed by atoms with Crippen LogP contribution in [-0.2, 0) is 5.41 Å². The lowest BCUT2D eigenvalue weighted by atomic mass is 9.73. The second-order valence-corrected chi connectivity index (χ2v) is 7.43. The van der Waals surface area contributed by atoms with Crippen LogP contribution in [0.3, 0.4) is 0 Å². The molecule has 1 saturated heterocycles. The van der Waals surface area contributed by atoms with Crippen molar-refractivity contribution in [2.45, 2.75) is 30.7 Å². The zero-order valence-corrected chi connectivity index (χ0v) is 14.5. The number of fused-ring (bicyclic) bond motifs is 2. The number of rotatable bonds is 2. The van der Waals surface area contributed by atoms with Gasteiger partial charge >= 0.3 is 0 Å². The molecule has 1 amide bonds. The summed E-state index contributed by atoms with van der Waals surface area (Å²) >= 11 is 0. The van der Waals surface area contributed by atoms with Gasteiger partial charge in [-0.1, -0.05) is 24.3 Å². The molecule has 0 saturated carbocycles. The van der Waals surface area contributed by atoms with Gasteiger partial charge in [0.2, 0.25) is 0 Å². The Morgan fingerprint density at radius 1 is 1.17 bits per heavy atom. The predicted molar refractivity (Wildman–Crippen MR) is 95.1 cm³/mol. The van der Waals surface area contributed by atoms with Crippen molar-refractivity contribution in [2.24, 2.45) is 0 Å². The molecule has 1 N–H and O–H groups in total. The minimum atomic E-state index is 0.130. The molecule has 2 heterocycles. The number of carbonyl (C=O) groups is 1. The third-order valence-corrected chi connectivity index (χ3v) is 5.93. The van der Waals surface area contributed by atoms with E-state index in [1.165, 1.54) is 17.5 Å². The predicted octanol–water partition coefficient (Wildman–Crippen LogP) is 3.20. The summed E-state index contributed by atoms with van der Waals surface area (Å²) < 4.78 is 0. The third-order valence-electron chi connectivity index (χ3n) is 5.93. The molecule has 0 radical (unpaired) electrons. The summed E-state index contributed by atoms with van der Waals surface area (Å²) in [6, 6.07) is 13.1. The van der Waals surface area contributed by atoms with Gasteiger partial charge in [-0.2, -0.15) is 0 Å². The molecule has 1 fully saturated rings. The van der Waals surface area contributed by atoms with Crippen molar-refractivity contribution < 1.29 is 4.79 Å². The molecule has 2 aliphatic rings. The van der Waals surface area contributed by atoms with Crippen LogP contribution in [-0.4, -0.2) is 47.9 Å². The fourth-order valence-electron chi connectivity index (χ4n) is 4.57. The van der Waals surface area contributed by atoms with Gasteiger partial charge in [0.25, 0.3) is 5.91 Å². The number of likely N-dealkylation sites (tertiary alicyclic amines) is 1. The number of hydrogen-bond donors (Lipinski definition) is 1. The molecule has 4 heteroatoms. The first-order valence-corrected chi connectivity index (χ1v) is 8.79. The number of amides is 1. The van der Waals surface area contributed by atoms with Gasteiger partial charge in [-0.25, -0.2) is 0 Å².